The van der Waals surface area contributed by atoms with Crippen LogP contribution in [-0.2, 0) is 9.53 Å². The summed E-state index contributed by atoms with van der Waals surface area (Å²) in [6.07, 6.45) is 21.4. The number of unbranched alkanes of at least 4 members (excludes halogenated alkanes) is 14. The maximum atomic E-state index is 12.6. The van der Waals surface area contributed by atoms with Crippen LogP contribution in [0.4, 0.5) is 68.2 Å². The summed E-state index contributed by atoms with van der Waals surface area (Å²) < 4.78 is 5.70. The molecule has 93 heavy (non-hydrogen) atoms. The van der Waals surface area contributed by atoms with E-state index in [0.717, 1.165) is 124 Å². The molecule has 10 aromatic rings. The Bertz CT molecular complexity index is 4240. The molecule has 5 N–H and O–H groups in total. The molecular weight excluding hydrogens is 1150 g/mol. The number of fused-ring (bicyclic) bond motifs is 2. The van der Waals surface area contributed by atoms with Crippen molar-refractivity contribution in [2.24, 2.45) is 40.9 Å². The van der Waals surface area contributed by atoms with E-state index in [0.29, 0.717) is 25.9 Å². The Labute approximate surface area is 546 Å². The molecule has 2 unspecified atom stereocenters. The van der Waals surface area contributed by atoms with Crippen LogP contribution in [0.2, 0.25) is 0 Å². The smallest absolute Gasteiger partial charge is 0.305 e. The number of aliphatic hydroxyl groups excluding tert-OH is 1. The summed E-state index contributed by atoms with van der Waals surface area (Å²) >= 11 is 0. The second-order valence-corrected chi connectivity index (χ2v) is 24.8. The predicted octanol–water partition coefficient (Wildman–Crippen LogP) is 24.3. The first-order valence-corrected chi connectivity index (χ1v) is 33.5. The van der Waals surface area contributed by atoms with Crippen molar-refractivity contribution in [1.82, 2.24) is 0 Å². The zero-order valence-corrected chi connectivity index (χ0v) is 54.0. The third kappa shape index (κ3) is 17.1. The van der Waals surface area contributed by atoms with Gasteiger partial charge in [-0.3, -0.25) is 4.79 Å². The molecule has 476 valence electrons. The van der Waals surface area contributed by atoms with Crippen LogP contribution in [0.5, 0.6) is 0 Å². The summed E-state index contributed by atoms with van der Waals surface area (Å²) in [6, 6.07) is 63.7. The number of anilines is 4. The lowest BCUT2D eigenvalue weighted by atomic mass is 9.97. The van der Waals surface area contributed by atoms with Crippen molar-refractivity contribution in [2.45, 2.75) is 148 Å². The van der Waals surface area contributed by atoms with E-state index in [1.807, 2.05) is 171 Å². The van der Waals surface area contributed by atoms with Gasteiger partial charge < -0.3 is 31.1 Å². The van der Waals surface area contributed by atoms with Crippen molar-refractivity contribution in [3.05, 3.63) is 194 Å². The van der Waals surface area contributed by atoms with Crippen LogP contribution < -0.4 is 21.3 Å². The summed E-state index contributed by atoms with van der Waals surface area (Å²) in [4.78, 5) is 12.6. The van der Waals surface area contributed by atoms with E-state index < -0.39 is 11.3 Å². The van der Waals surface area contributed by atoms with Crippen molar-refractivity contribution < 1.29 is 14.6 Å². The number of esters is 1. The number of ether oxygens (including phenoxy) is 1. The van der Waals surface area contributed by atoms with Gasteiger partial charge in [-0.2, -0.15) is 10.2 Å². The second-order valence-electron chi connectivity index (χ2n) is 24.8. The first-order chi connectivity index (χ1) is 45.7. The Morgan fingerprint density at radius 1 is 0.355 bits per heavy atom. The average Bonchev–Trinajstić information content (AvgIpc) is 0.797. The molecule has 0 saturated carbocycles. The molecule has 0 aromatic heterocycles. The van der Waals surface area contributed by atoms with E-state index in [-0.39, 0.29) is 12.6 Å². The Hall–Kier alpha value is -9.73. The first kappa shape index (κ1) is 64.8. The molecule has 0 radical (unpaired) electrons. The summed E-state index contributed by atoms with van der Waals surface area (Å²) in [5.41, 5.74) is 9.41. The van der Waals surface area contributed by atoms with Crippen LogP contribution in [0.1, 0.15) is 136 Å². The fraction of sp³-hybridized carbons (Fsp3) is 0.321. The number of aliphatic hydroxyl groups is 1. The fourth-order valence-corrected chi connectivity index (χ4v) is 12.5. The summed E-state index contributed by atoms with van der Waals surface area (Å²) in [6.45, 7) is 6.88. The highest BCUT2D eigenvalue weighted by molar-refractivity contribution is 6.11. The molecule has 12 rings (SSSR count). The quantitative estimate of drug-likeness (QED) is 0.0175. The Balaban J connectivity index is 0.000000206. The topological polar surface area (TPSA) is 194 Å². The third-order valence-electron chi connectivity index (χ3n) is 17.5. The SMILES string of the molecule is CC1(CCO)Nc2cccc3c(N=Nc4ccc(N=Nc5ccccc5)c5ccccc45)ccc(c23)N1.CCCCCCCCCCCCCCCCCC(=O)OCCC1(C)Nc2cccc3c(N=Nc4ccc(N=Nc5ccccc5)c5ccccc45)ccc(c23)N1. The normalized spacial score (nSPS) is 15.8. The van der Waals surface area contributed by atoms with E-state index in [4.69, 9.17) is 15.0 Å². The number of benzene rings is 10. The zero-order chi connectivity index (χ0) is 64.1. The Morgan fingerprint density at radius 3 is 1.05 bits per heavy atom. The molecule has 15 nitrogen and oxygen atoms in total. The van der Waals surface area contributed by atoms with Gasteiger partial charge in [-0.1, -0.05) is 206 Å². The van der Waals surface area contributed by atoms with E-state index in [2.05, 4.69) is 96.1 Å². The van der Waals surface area contributed by atoms with Gasteiger partial charge in [-0.25, -0.2) is 0 Å². The van der Waals surface area contributed by atoms with Crippen molar-refractivity contribution in [3.8, 4) is 0 Å². The number of carbonyl (C=O) groups is 1. The number of rotatable bonds is 29. The van der Waals surface area contributed by atoms with Crippen LogP contribution in [0.15, 0.2) is 235 Å². The molecule has 0 fully saturated rings. The number of azo groups is 4. The fourth-order valence-electron chi connectivity index (χ4n) is 12.5. The lowest BCUT2D eigenvalue weighted by Gasteiger charge is -2.38. The van der Waals surface area contributed by atoms with E-state index in [9.17, 15) is 9.90 Å². The molecule has 10 aromatic carbocycles. The summed E-state index contributed by atoms with van der Waals surface area (Å²) in [5, 5.41) is 68.5. The van der Waals surface area contributed by atoms with Crippen LogP contribution in [0.25, 0.3) is 43.1 Å². The van der Waals surface area contributed by atoms with Crippen molar-refractivity contribution >= 4 is 117 Å². The lowest BCUT2D eigenvalue weighted by Crippen LogP contribution is -2.46. The van der Waals surface area contributed by atoms with Crippen LogP contribution >= 0.6 is 0 Å². The Kier molecular flexibility index (Phi) is 22.3. The van der Waals surface area contributed by atoms with Gasteiger partial charge in [0.2, 0.25) is 0 Å². The largest absolute Gasteiger partial charge is 0.466 e. The second kappa shape index (κ2) is 32.0. The predicted molar refractivity (Wildman–Crippen MR) is 384 cm³/mol. The number of hydrogen-bond donors (Lipinski definition) is 5. The summed E-state index contributed by atoms with van der Waals surface area (Å²) in [7, 11) is 0. The van der Waals surface area contributed by atoms with Crippen molar-refractivity contribution in [1.29, 1.82) is 0 Å². The maximum absolute atomic E-state index is 12.6. The number of nitrogens with one attached hydrogen (secondary N) is 4. The molecule has 0 saturated heterocycles. The molecule has 0 bridgehead atoms. The van der Waals surface area contributed by atoms with Gasteiger partial charge in [-0.05, 0) is 105 Å². The maximum Gasteiger partial charge on any atom is 0.305 e. The van der Waals surface area contributed by atoms with Gasteiger partial charge in [-0.15, -0.1) is 30.7 Å². The van der Waals surface area contributed by atoms with Crippen LogP contribution in [0.3, 0.4) is 0 Å². The first-order valence-electron chi connectivity index (χ1n) is 33.5. The third-order valence-corrected chi connectivity index (χ3v) is 17.5. The molecule has 0 aliphatic carbocycles. The van der Waals surface area contributed by atoms with Crippen molar-refractivity contribution in [3.63, 3.8) is 0 Å². The van der Waals surface area contributed by atoms with Crippen LogP contribution in [-0.4, -0.2) is 35.6 Å². The molecule has 2 aliphatic rings. The van der Waals surface area contributed by atoms with E-state index in [1.54, 1.807) is 0 Å². The van der Waals surface area contributed by atoms with E-state index >= 15 is 0 Å². The molecule has 2 aliphatic heterocycles. The zero-order valence-electron chi connectivity index (χ0n) is 54.0. The number of hydrogen-bond acceptors (Lipinski definition) is 15. The highest BCUT2D eigenvalue weighted by Gasteiger charge is 2.32. The average molecular weight is 1240 g/mol. The monoisotopic (exact) mass is 1240 g/mol. The Morgan fingerprint density at radius 2 is 0.667 bits per heavy atom. The number of carbonyl (C=O) groups excluding carboxylic acids is 1. The minimum absolute atomic E-state index is 0.0917. The standard InChI is InChI=1S/C48H60N6O2.C30H26N6O/c1-3-4-5-6-7-8-9-10-11-12-13-14-15-16-20-30-46(55)56-36-35-48(2)49-44-29-23-28-40-43(33-34-45(50-48)47(40)44)54-53-42-32-31-41(38-26-21-22-27-39(38)42)52-51-37-24-18-17-19-25-37;1-30(18-19-37)31-27-13-7-12-23-26(16-17-28(32-30)29(23)27)36-35-25-15-14-24(21-10-5-6-11-22(21)25)34-33-20-8-3-2-4-9-20/h17-19,21-29,31-34,49-50H,3-16,20,30,35-36H2,1-2H3;2-17,31-32,37H,18-19H2,1H3. The highest BCUT2D eigenvalue weighted by atomic mass is 16.5. The van der Waals surface area contributed by atoms with Gasteiger partial charge in [0.25, 0.3) is 0 Å². The highest BCUT2D eigenvalue weighted by Crippen LogP contribution is 2.46. The number of nitrogens with zero attached hydrogens (tertiary/aromatic N) is 8. The molecule has 2 heterocycles. The molecule has 0 amide bonds. The van der Waals surface area contributed by atoms with Gasteiger partial charge in [0.05, 0.1) is 52.1 Å². The molecular formula is C78H86N12O3. The minimum atomic E-state index is -0.474. The van der Waals surface area contributed by atoms with Crippen molar-refractivity contribution in [2.75, 3.05) is 34.5 Å². The summed E-state index contributed by atoms with van der Waals surface area (Å²) in [5.74, 6) is -0.101. The van der Waals surface area contributed by atoms with Gasteiger partial charge in [0, 0.05) is 91.7 Å². The van der Waals surface area contributed by atoms with E-state index in [1.165, 1.54) is 83.5 Å². The van der Waals surface area contributed by atoms with Gasteiger partial charge in [0.1, 0.15) is 11.3 Å². The van der Waals surface area contributed by atoms with Gasteiger partial charge in [0.15, 0.2) is 0 Å². The minimum Gasteiger partial charge on any atom is -0.466 e. The molecule has 2 atom stereocenters. The lowest BCUT2D eigenvalue weighted by molar-refractivity contribution is -0.144. The van der Waals surface area contributed by atoms with Crippen LogP contribution in [0, 0.1) is 0 Å². The molecule has 0 spiro atoms. The molecule has 15 heteroatoms. The van der Waals surface area contributed by atoms with Gasteiger partial charge >= 0.3 is 5.97 Å².